The van der Waals surface area contributed by atoms with E-state index < -0.39 is 6.04 Å². The highest BCUT2D eigenvalue weighted by Gasteiger charge is 2.39. The molecule has 0 saturated carbocycles. The first-order valence-corrected chi connectivity index (χ1v) is 9.91. The van der Waals surface area contributed by atoms with Gasteiger partial charge in [0.15, 0.2) is 0 Å². The molecule has 0 N–H and O–H groups in total. The van der Waals surface area contributed by atoms with E-state index in [9.17, 15) is 9.59 Å². The van der Waals surface area contributed by atoms with E-state index in [0.717, 1.165) is 11.1 Å². The fourth-order valence-electron chi connectivity index (χ4n) is 3.90. The monoisotopic (exact) mass is 413 g/mol. The fourth-order valence-corrected chi connectivity index (χ4v) is 4.09. The number of carbonyl (C=O) groups excluding carboxylic acids is 2. The number of fused-ring (bicyclic) bond motifs is 2. The van der Waals surface area contributed by atoms with Crippen LogP contribution in [0.2, 0.25) is 5.02 Å². The molecule has 0 saturated heterocycles. The standard InChI is InChI=1S/C24H16ClN3O2/c1-14(28-23(29)16-9-5-6-10-17(16)24(28)30)18-13-20-22(19(25)11-12-26-20)27-21(18)15-7-3-2-4-8-15/h2-14H,1H3. The van der Waals surface area contributed by atoms with Gasteiger partial charge < -0.3 is 0 Å². The highest BCUT2D eigenvalue weighted by atomic mass is 35.5. The van der Waals surface area contributed by atoms with Gasteiger partial charge in [0.2, 0.25) is 0 Å². The zero-order chi connectivity index (χ0) is 20.8. The average Bonchev–Trinajstić information content (AvgIpc) is 3.04. The Kier molecular flexibility index (Phi) is 4.33. The highest BCUT2D eigenvalue weighted by molar-refractivity contribution is 6.34. The van der Waals surface area contributed by atoms with Gasteiger partial charge in [-0.3, -0.25) is 19.5 Å². The number of pyridine rings is 2. The van der Waals surface area contributed by atoms with Crippen LogP contribution in [0.15, 0.2) is 72.9 Å². The molecule has 1 unspecified atom stereocenters. The molecule has 1 atom stereocenters. The molecule has 30 heavy (non-hydrogen) atoms. The smallest absolute Gasteiger partial charge is 0.262 e. The van der Waals surface area contributed by atoms with Gasteiger partial charge in [0.05, 0.1) is 33.4 Å². The number of amides is 2. The first kappa shape index (κ1) is 18.5. The van der Waals surface area contributed by atoms with Crippen LogP contribution in [0.25, 0.3) is 22.3 Å². The number of hydrogen-bond acceptors (Lipinski definition) is 4. The van der Waals surface area contributed by atoms with E-state index in [-0.39, 0.29) is 11.8 Å². The first-order valence-electron chi connectivity index (χ1n) is 9.54. The van der Waals surface area contributed by atoms with Gasteiger partial charge in [-0.05, 0) is 31.2 Å². The maximum atomic E-state index is 13.0. The van der Waals surface area contributed by atoms with Gasteiger partial charge >= 0.3 is 0 Å². The summed E-state index contributed by atoms with van der Waals surface area (Å²) in [5.74, 6) is -0.609. The molecular formula is C24H16ClN3O2. The lowest BCUT2D eigenvalue weighted by Crippen LogP contribution is -2.33. The Morgan fingerprint density at radius 2 is 1.53 bits per heavy atom. The van der Waals surface area contributed by atoms with Crippen LogP contribution in [0.3, 0.4) is 0 Å². The zero-order valence-electron chi connectivity index (χ0n) is 16.0. The summed E-state index contributed by atoms with van der Waals surface area (Å²) >= 11 is 6.36. The first-order chi connectivity index (χ1) is 14.6. The Labute approximate surface area is 178 Å². The molecule has 2 aromatic carbocycles. The number of hydrogen-bond donors (Lipinski definition) is 0. The van der Waals surface area contributed by atoms with E-state index >= 15 is 0 Å². The number of aromatic nitrogens is 2. The zero-order valence-corrected chi connectivity index (χ0v) is 16.8. The van der Waals surface area contributed by atoms with Crippen LogP contribution in [-0.2, 0) is 0 Å². The van der Waals surface area contributed by atoms with Crippen molar-refractivity contribution in [3.63, 3.8) is 0 Å². The molecule has 0 spiro atoms. The Hall–Kier alpha value is -3.57. The van der Waals surface area contributed by atoms with Gasteiger partial charge in [0, 0.05) is 17.3 Å². The number of benzene rings is 2. The van der Waals surface area contributed by atoms with Gasteiger partial charge in [0.25, 0.3) is 11.8 Å². The van der Waals surface area contributed by atoms with Crippen LogP contribution >= 0.6 is 11.6 Å². The molecule has 0 bridgehead atoms. The second kappa shape index (κ2) is 7.04. The minimum Gasteiger partial charge on any atom is -0.269 e. The molecule has 0 aliphatic carbocycles. The average molecular weight is 414 g/mol. The summed E-state index contributed by atoms with van der Waals surface area (Å²) in [6.45, 7) is 1.83. The Morgan fingerprint density at radius 3 is 2.20 bits per heavy atom. The lowest BCUT2D eigenvalue weighted by atomic mass is 9.98. The summed E-state index contributed by atoms with van der Waals surface area (Å²) in [7, 11) is 0. The van der Waals surface area contributed by atoms with Gasteiger partial charge in [-0.15, -0.1) is 0 Å². The van der Waals surface area contributed by atoms with Crippen molar-refractivity contribution in [2.24, 2.45) is 0 Å². The lowest BCUT2D eigenvalue weighted by molar-refractivity contribution is 0.0595. The number of rotatable bonds is 3. The van der Waals surface area contributed by atoms with Crippen LogP contribution in [0, 0.1) is 0 Å². The minimum absolute atomic E-state index is 0.304. The van der Waals surface area contributed by atoms with Gasteiger partial charge in [-0.1, -0.05) is 54.1 Å². The minimum atomic E-state index is -0.537. The summed E-state index contributed by atoms with van der Waals surface area (Å²) < 4.78 is 0. The Morgan fingerprint density at radius 1 is 0.900 bits per heavy atom. The molecular weight excluding hydrogens is 398 g/mol. The molecule has 4 aromatic rings. The van der Waals surface area contributed by atoms with E-state index in [0.29, 0.717) is 32.9 Å². The summed E-state index contributed by atoms with van der Waals surface area (Å²) in [5, 5.41) is 0.497. The van der Waals surface area contributed by atoms with Gasteiger partial charge in [-0.25, -0.2) is 4.98 Å². The van der Waals surface area contributed by atoms with Gasteiger partial charge in [0.1, 0.15) is 5.52 Å². The van der Waals surface area contributed by atoms with Crippen molar-refractivity contribution < 1.29 is 9.59 Å². The van der Waals surface area contributed by atoms with Crippen molar-refractivity contribution >= 4 is 34.4 Å². The van der Waals surface area contributed by atoms with Crippen molar-refractivity contribution in [3.8, 4) is 11.3 Å². The molecule has 2 amide bonds. The summed E-state index contributed by atoms with van der Waals surface area (Å²) in [6.07, 6.45) is 1.62. The fraction of sp³-hybridized carbons (Fsp3) is 0.0833. The van der Waals surface area contributed by atoms with E-state index in [1.54, 1.807) is 36.5 Å². The maximum Gasteiger partial charge on any atom is 0.262 e. The van der Waals surface area contributed by atoms with E-state index in [4.69, 9.17) is 16.6 Å². The second-order valence-corrected chi connectivity index (χ2v) is 7.56. The molecule has 3 heterocycles. The van der Waals surface area contributed by atoms with E-state index in [1.807, 2.05) is 43.3 Å². The number of carbonyl (C=O) groups is 2. The largest absolute Gasteiger partial charge is 0.269 e. The van der Waals surface area contributed by atoms with Crippen LogP contribution in [0.4, 0.5) is 0 Å². The molecule has 0 fully saturated rings. The molecule has 5 nitrogen and oxygen atoms in total. The third-order valence-electron chi connectivity index (χ3n) is 5.40. The highest BCUT2D eigenvalue weighted by Crippen LogP contribution is 2.37. The van der Waals surface area contributed by atoms with E-state index in [2.05, 4.69) is 4.98 Å². The number of nitrogens with zero attached hydrogens (tertiary/aromatic N) is 3. The SMILES string of the molecule is CC(c1cc2nccc(Cl)c2nc1-c1ccccc1)N1C(=O)c2ccccc2C1=O. The van der Waals surface area contributed by atoms with Gasteiger partial charge in [-0.2, -0.15) is 0 Å². The topological polar surface area (TPSA) is 63.2 Å². The predicted octanol–water partition coefficient (Wildman–Crippen LogP) is 5.31. The molecule has 5 rings (SSSR count). The summed E-state index contributed by atoms with van der Waals surface area (Å²) in [5.41, 5.74) is 4.31. The van der Waals surface area contributed by atoms with Crippen LogP contribution < -0.4 is 0 Å². The van der Waals surface area contributed by atoms with Crippen molar-refractivity contribution in [1.29, 1.82) is 0 Å². The van der Waals surface area contributed by atoms with E-state index in [1.165, 1.54) is 4.90 Å². The molecule has 2 aromatic heterocycles. The van der Waals surface area contributed by atoms with Crippen molar-refractivity contribution in [1.82, 2.24) is 14.9 Å². The molecule has 1 aliphatic heterocycles. The number of imide groups is 1. The third kappa shape index (κ3) is 2.78. The van der Waals surface area contributed by atoms with Crippen LogP contribution in [-0.4, -0.2) is 26.7 Å². The maximum absolute atomic E-state index is 13.0. The molecule has 6 heteroatoms. The van der Waals surface area contributed by atoms with Crippen molar-refractivity contribution in [2.45, 2.75) is 13.0 Å². The Bertz CT molecular complexity index is 1290. The summed E-state index contributed by atoms with van der Waals surface area (Å²) in [4.78, 5) is 36.5. The summed E-state index contributed by atoms with van der Waals surface area (Å²) in [6, 6.07) is 19.6. The van der Waals surface area contributed by atoms with Crippen LogP contribution in [0.1, 0.15) is 39.2 Å². The van der Waals surface area contributed by atoms with Crippen molar-refractivity contribution in [3.05, 3.63) is 94.6 Å². The van der Waals surface area contributed by atoms with Crippen LogP contribution in [0.5, 0.6) is 0 Å². The third-order valence-corrected chi connectivity index (χ3v) is 5.71. The van der Waals surface area contributed by atoms with Crippen molar-refractivity contribution in [2.75, 3.05) is 0 Å². The normalized spacial score (nSPS) is 14.3. The molecule has 1 aliphatic rings. The predicted molar refractivity (Wildman–Crippen MR) is 115 cm³/mol. The second-order valence-electron chi connectivity index (χ2n) is 7.15. The molecule has 146 valence electrons. The quantitative estimate of drug-likeness (QED) is 0.427. The molecule has 0 radical (unpaired) electrons. The lowest BCUT2D eigenvalue weighted by Gasteiger charge is -2.25. The Balaban J connectivity index is 1.70. The number of halogens is 1.